The first-order valence-corrected chi connectivity index (χ1v) is 12.0. The quantitative estimate of drug-likeness (QED) is 0.571. The number of rotatable bonds is 9. The molecular formula is C27H35N3O4. The van der Waals surface area contributed by atoms with Crippen molar-refractivity contribution in [1.82, 2.24) is 15.2 Å². The van der Waals surface area contributed by atoms with Crippen molar-refractivity contribution < 1.29 is 19.5 Å². The van der Waals surface area contributed by atoms with Crippen molar-refractivity contribution in [3.63, 3.8) is 0 Å². The molecule has 2 amide bonds. The Hall–Kier alpha value is -3.22. The third-order valence-corrected chi connectivity index (χ3v) is 6.36. The predicted molar refractivity (Wildman–Crippen MR) is 131 cm³/mol. The van der Waals surface area contributed by atoms with Gasteiger partial charge in [-0.15, -0.1) is 0 Å². The number of aryl methyl sites for hydroxylation is 2. The molecule has 7 heteroatoms. The van der Waals surface area contributed by atoms with E-state index in [1.54, 1.807) is 17.3 Å². The maximum absolute atomic E-state index is 13.4. The van der Waals surface area contributed by atoms with Crippen LogP contribution in [-0.2, 0) is 14.4 Å². The van der Waals surface area contributed by atoms with Crippen molar-refractivity contribution in [2.24, 2.45) is 5.92 Å². The van der Waals surface area contributed by atoms with Crippen LogP contribution >= 0.6 is 0 Å². The van der Waals surface area contributed by atoms with Crippen LogP contribution in [0.25, 0.3) is 11.1 Å². The number of nitrogens with zero attached hydrogens (tertiary/aromatic N) is 2. The molecule has 7 nitrogen and oxygen atoms in total. The summed E-state index contributed by atoms with van der Waals surface area (Å²) < 4.78 is 0. The number of aliphatic carboxylic acids is 1. The van der Waals surface area contributed by atoms with Gasteiger partial charge in [0, 0.05) is 30.9 Å². The van der Waals surface area contributed by atoms with Crippen LogP contribution in [-0.4, -0.2) is 45.4 Å². The Morgan fingerprint density at radius 2 is 1.85 bits per heavy atom. The van der Waals surface area contributed by atoms with E-state index in [4.69, 9.17) is 0 Å². The van der Waals surface area contributed by atoms with Gasteiger partial charge in [-0.2, -0.15) is 0 Å². The van der Waals surface area contributed by atoms with E-state index in [2.05, 4.69) is 10.3 Å². The molecule has 0 aliphatic carbocycles. The lowest BCUT2D eigenvalue weighted by Crippen LogP contribution is -2.52. The molecule has 1 aliphatic heterocycles. The van der Waals surface area contributed by atoms with Crippen LogP contribution in [0.3, 0.4) is 0 Å². The van der Waals surface area contributed by atoms with Crippen molar-refractivity contribution >= 4 is 17.8 Å². The molecule has 0 radical (unpaired) electrons. The molecular weight excluding hydrogens is 430 g/mol. The van der Waals surface area contributed by atoms with Crippen LogP contribution < -0.4 is 5.32 Å². The highest BCUT2D eigenvalue weighted by molar-refractivity contribution is 5.88. The number of aromatic nitrogens is 1. The number of carboxylic acid groups (broad SMARTS) is 1. The Bertz CT molecular complexity index is 1030. The van der Waals surface area contributed by atoms with Gasteiger partial charge in [-0.05, 0) is 67.3 Å². The van der Waals surface area contributed by atoms with Gasteiger partial charge in [-0.25, -0.2) is 0 Å². The number of benzene rings is 1. The summed E-state index contributed by atoms with van der Waals surface area (Å²) in [4.78, 5) is 43.7. The molecule has 0 saturated carbocycles. The average Bonchev–Trinajstić information content (AvgIpc) is 2.77. The minimum atomic E-state index is -1.02. The normalized spacial score (nSPS) is 15.8. The lowest BCUT2D eigenvalue weighted by molar-refractivity contribution is -0.144. The van der Waals surface area contributed by atoms with E-state index < -0.39 is 18.1 Å². The molecule has 1 aromatic heterocycles. The Balaban J connectivity index is 1.92. The van der Waals surface area contributed by atoms with E-state index in [1.807, 2.05) is 52.0 Å². The zero-order valence-corrected chi connectivity index (χ0v) is 20.5. The first-order valence-electron chi connectivity index (χ1n) is 12.0. The molecule has 1 fully saturated rings. The fraction of sp³-hybridized carbons (Fsp3) is 0.481. The zero-order chi connectivity index (χ0) is 24.8. The highest BCUT2D eigenvalue weighted by atomic mass is 16.4. The monoisotopic (exact) mass is 465 g/mol. The van der Waals surface area contributed by atoms with Gasteiger partial charge in [0.25, 0.3) is 0 Å². The Morgan fingerprint density at radius 1 is 1.15 bits per heavy atom. The van der Waals surface area contributed by atoms with Crippen LogP contribution in [0.5, 0.6) is 0 Å². The van der Waals surface area contributed by atoms with Crippen LogP contribution in [0.2, 0.25) is 0 Å². The summed E-state index contributed by atoms with van der Waals surface area (Å²) in [6.45, 7) is 8.63. The van der Waals surface area contributed by atoms with Crippen molar-refractivity contribution in [3.8, 4) is 11.1 Å². The Morgan fingerprint density at radius 3 is 2.47 bits per heavy atom. The highest BCUT2D eigenvalue weighted by Gasteiger charge is 2.33. The summed E-state index contributed by atoms with van der Waals surface area (Å²) in [6.07, 6.45) is 5.77. The first kappa shape index (κ1) is 25.4. The molecule has 1 unspecified atom stereocenters. The van der Waals surface area contributed by atoms with Gasteiger partial charge >= 0.3 is 5.97 Å². The van der Waals surface area contributed by atoms with Gasteiger partial charge in [0.15, 0.2) is 0 Å². The fourth-order valence-corrected chi connectivity index (χ4v) is 4.73. The van der Waals surface area contributed by atoms with Crippen LogP contribution in [0.15, 0.2) is 36.7 Å². The second kappa shape index (κ2) is 11.3. The highest BCUT2D eigenvalue weighted by Crippen LogP contribution is 2.29. The second-order valence-electron chi connectivity index (χ2n) is 9.62. The fourth-order valence-electron chi connectivity index (χ4n) is 4.73. The molecule has 3 rings (SSSR count). The smallest absolute Gasteiger partial charge is 0.305 e. The molecule has 0 spiro atoms. The summed E-state index contributed by atoms with van der Waals surface area (Å²) in [7, 11) is 0. The largest absolute Gasteiger partial charge is 0.481 e. The molecule has 2 atom stereocenters. The van der Waals surface area contributed by atoms with E-state index in [0.29, 0.717) is 24.9 Å². The van der Waals surface area contributed by atoms with Crippen LogP contribution in [0.4, 0.5) is 0 Å². The minimum absolute atomic E-state index is 0.0134. The average molecular weight is 466 g/mol. The van der Waals surface area contributed by atoms with Gasteiger partial charge in [0.1, 0.15) is 6.04 Å². The van der Waals surface area contributed by atoms with E-state index in [9.17, 15) is 19.5 Å². The number of hydrogen-bond donors (Lipinski definition) is 2. The van der Waals surface area contributed by atoms with Gasteiger partial charge in [-0.3, -0.25) is 19.4 Å². The summed E-state index contributed by atoms with van der Waals surface area (Å²) >= 11 is 0. The Labute approximate surface area is 201 Å². The van der Waals surface area contributed by atoms with Crippen molar-refractivity contribution in [2.45, 2.75) is 71.9 Å². The molecule has 0 bridgehead atoms. The van der Waals surface area contributed by atoms with Crippen molar-refractivity contribution in [1.29, 1.82) is 0 Å². The number of carbonyl (C=O) groups is 3. The summed E-state index contributed by atoms with van der Waals surface area (Å²) in [5.74, 6) is -1.14. The second-order valence-corrected chi connectivity index (χ2v) is 9.62. The topological polar surface area (TPSA) is 99.6 Å². The number of piperidine rings is 1. The van der Waals surface area contributed by atoms with E-state index >= 15 is 0 Å². The van der Waals surface area contributed by atoms with Gasteiger partial charge in [-0.1, -0.05) is 32.0 Å². The molecule has 2 N–H and O–H groups in total. The molecule has 1 aliphatic rings. The van der Waals surface area contributed by atoms with E-state index in [1.165, 1.54) is 0 Å². The number of likely N-dealkylation sites (tertiary alicyclic amines) is 1. The molecule has 1 aromatic carbocycles. The van der Waals surface area contributed by atoms with Gasteiger partial charge < -0.3 is 15.3 Å². The standard InChI is InChI=1S/C27H35N3O4/c1-17(2)12-23(30-11-6-5-10-24(30)31)27(34)29-22(14-25(32)33)20-13-21(16-28-15-20)26-18(3)8-7-9-19(26)4/h7-9,13,15-17,22-23H,5-6,10-12,14H2,1-4H3,(H,29,34)(H,32,33)/t22-,23?/m1/s1. The molecule has 2 heterocycles. The predicted octanol–water partition coefficient (Wildman–Crippen LogP) is 4.42. The SMILES string of the molecule is Cc1cccc(C)c1-c1cncc([C@@H](CC(=O)O)NC(=O)C(CC(C)C)N2CCCCC2=O)c1. The number of hydrogen-bond acceptors (Lipinski definition) is 4. The van der Waals surface area contributed by atoms with E-state index in [-0.39, 0.29) is 24.2 Å². The van der Waals surface area contributed by atoms with Crippen molar-refractivity contribution in [3.05, 3.63) is 53.3 Å². The maximum atomic E-state index is 13.4. The lowest BCUT2D eigenvalue weighted by atomic mass is 9.94. The molecule has 1 saturated heterocycles. The number of pyridine rings is 1. The number of carboxylic acids is 1. The summed E-state index contributed by atoms with van der Waals surface area (Å²) in [5, 5.41) is 12.5. The molecule has 2 aromatic rings. The number of nitrogens with one attached hydrogen (secondary N) is 1. The maximum Gasteiger partial charge on any atom is 0.305 e. The lowest BCUT2D eigenvalue weighted by Gasteiger charge is -2.35. The minimum Gasteiger partial charge on any atom is -0.481 e. The zero-order valence-electron chi connectivity index (χ0n) is 20.5. The first-order chi connectivity index (χ1) is 16.2. The van der Waals surface area contributed by atoms with Gasteiger partial charge in [0.05, 0.1) is 12.5 Å². The van der Waals surface area contributed by atoms with Crippen LogP contribution in [0.1, 0.15) is 68.7 Å². The summed E-state index contributed by atoms with van der Waals surface area (Å²) in [6, 6.07) is 6.58. The number of carbonyl (C=O) groups excluding carboxylic acids is 2. The molecule has 34 heavy (non-hydrogen) atoms. The van der Waals surface area contributed by atoms with E-state index in [0.717, 1.165) is 35.1 Å². The number of amides is 2. The van der Waals surface area contributed by atoms with Crippen LogP contribution in [0, 0.1) is 19.8 Å². The third kappa shape index (κ3) is 6.22. The Kier molecular flexibility index (Phi) is 8.42. The van der Waals surface area contributed by atoms with Gasteiger partial charge in [0.2, 0.25) is 11.8 Å². The summed E-state index contributed by atoms with van der Waals surface area (Å²) in [5.41, 5.74) is 4.75. The molecule has 182 valence electrons. The van der Waals surface area contributed by atoms with Crippen molar-refractivity contribution in [2.75, 3.05) is 6.54 Å². The third-order valence-electron chi connectivity index (χ3n) is 6.36.